The number of likely N-dealkylation sites (N-methyl/N-ethyl adjacent to an activating group) is 1. The fourth-order valence-electron chi connectivity index (χ4n) is 3.48. The molecule has 0 aromatic heterocycles. The largest absolute Gasteiger partial charge is 0.338 e. The van der Waals surface area contributed by atoms with E-state index in [1.54, 1.807) is 37.4 Å². The van der Waals surface area contributed by atoms with E-state index in [9.17, 15) is 14.0 Å². The Hall–Kier alpha value is -2.69. The third-order valence-corrected chi connectivity index (χ3v) is 4.80. The van der Waals surface area contributed by atoms with Crippen LogP contribution in [-0.4, -0.2) is 47.8 Å². The number of carbonyl (C=O) groups excluding carboxylic acids is 2. The molecular weight excluding hydrogens is 331 g/mol. The van der Waals surface area contributed by atoms with Gasteiger partial charge in [0.25, 0.3) is 5.91 Å². The molecule has 136 valence electrons. The first-order valence-corrected chi connectivity index (χ1v) is 8.89. The van der Waals surface area contributed by atoms with E-state index in [-0.39, 0.29) is 30.2 Å². The van der Waals surface area contributed by atoms with Gasteiger partial charge in [-0.25, -0.2) is 4.39 Å². The maximum absolute atomic E-state index is 13.4. The third kappa shape index (κ3) is 4.28. The maximum atomic E-state index is 13.4. The number of hydrogen-bond donors (Lipinski definition) is 0. The van der Waals surface area contributed by atoms with Crippen LogP contribution in [0.1, 0.15) is 28.8 Å². The number of rotatable bonds is 5. The van der Waals surface area contributed by atoms with Crippen molar-refractivity contribution in [1.29, 1.82) is 0 Å². The number of hydrogen-bond acceptors (Lipinski definition) is 2. The molecule has 1 saturated heterocycles. The van der Waals surface area contributed by atoms with Crippen molar-refractivity contribution in [3.8, 4) is 0 Å². The SMILES string of the molecule is CN(CC(=O)N1CCCC1Cc1cccc(F)c1)C(=O)c1ccccc1. The van der Waals surface area contributed by atoms with Crippen molar-refractivity contribution < 1.29 is 14.0 Å². The van der Waals surface area contributed by atoms with E-state index < -0.39 is 0 Å². The zero-order valence-electron chi connectivity index (χ0n) is 14.9. The molecule has 2 aromatic carbocycles. The van der Waals surface area contributed by atoms with Crippen molar-refractivity contribution in [2.45, 2.75) is 25.3 Å². The van der Waals surface area contributed by atoms with Gasteiger partial charge in [-0.2, -0.15) is 0 Å². The van der Waals surface area contributed by atoms with Gasteiger partial charge in [0, 0.05) is 25.2 Å². The van der Waals surface area contributed by atoms with Gasteiger partial charge in [0.1, 0.15) is 5.82 Å². The molecule has 5 heteroatoms. The molecule has 1 atom stereocenters. The minimum Gasteiger partial charge on any atom is -0.338 e. The van der Waals surface area contributed by atoms with Gasteiger partial charge in [-0.05, 0) is 49.1 Å². The molecule has 1 aliphatic rings. The molecule has 0 aliphatic carbocycles. The number of amides is 2. The summed E-state index contributed by atoms with van der Waals surface area (Å²) in [5.74, 6) is -0.484. The Morgan fingerprint density at radius 1 is 1.15 bits per heavy atom. The predicted molar refractivity (Wildman–Crippen MR) is 98.2 cm³/mol. The normalized spacial score (nSPS) is 16.5. The lowest BCUT2D eigenvalue weighted by Crippen LogP contribution is -2.44. The van der Waals surface area contributed by atoms with Gasteiger partial charge in [0.05, 0.1) is 6.54 Å². The highest BCUT2D eigenvalue weighted by atomic mass is 19.1. The molecule has 26 heavy (non-hydrogen) atoms. The van der Waals surface area contributed by atoms with E-state index in [1.165, 1.54) is 17.0 Å². The Labute approximate surface area is 153 Å². The van der Waals surface area contributed by atoms with Crippen LogP contribution in [0.4, 0.5) is 4.39 Å². The number of nitrogens with zero attached hydrogens (tertiary/aromatic N) is 2. The van der Waals surface area contributed by atoms with Crippen molar-refractivity contribution in [3.63, 3.8) is 0 Å². The van der Waals surface area contributed by atoms with Crippen molar-refractivity contribution in [2.24, 2.45) is 0 Å². The van der Waals surface area contributed by atoms with Crippen LogP contribution < -0.4 is 0 Å². The van der Waals surface area contributed by atoms with E-state index in [4.69, 9.17) is 0 Å². The average molecular weight is 354 g/mol. The van der Waals surface area contributed by atoms with Gasteiger partial charge in [0.15, 0.2) is 0 Å². The summed E-state index contributed by atoms with van der Waals surface area (Å²) in [6.45, 7) is 0.736. The Morgan fingerprint density at radius 3 is 2.65 bits per heavy atom. The van der Waals surface area contributed by atoms with Crippen molar-refractivity contribution in [1.82, 2.24) is 9.80 Å². The minimum atomic E-state index is -0.258. The van der Waals surface area contributed by atoms with Gasteiger partial charge in [-0.15, -0.1) is 0 Å². The molecule has 1 aliphatic heterocycles. The standard InChI is InChI=1S/C21H23FN2O2/c1-23(21(26)17-8-3-2-4-9-17)15-20(25)24-12-6-11-19(24)14-16-7-5-10-18(22)13-16/h2-5,7-10,13,19H,6,11-12,14-15H2,1H3. The van der Waals surface area contributed by atoms with Crippen LogP contribution in [0, 0.1) is 5.82 Å². The van der Waals surface area contributed by atoms with Gasteiger partial charge >= 0.3 is 0 Å². The van der Waals surface area contributed by atoms with Crippen LogP contribution in [0.2, 0.25) is 0 Å². The van der Waals surface area contributed by atoms with Crippen LogP contribution in [0.5, 0.6) is 0 Å². The minimum absolute atomic E-state index is 0.0490. The number of benzene rings is 2. The summed E-state index contributed by atoms with van der Waals surface area (Å²) in [6, 6.07) is 15.5. The summed E-state index contributed by atoms with van der Waals surface area (Å²) in [7, 11) is 1.64. The fourth-order valence-corrected chi connectivity index (χ4v) is 3.48. The first kappa shape index (κ1) is 18.1. The van der Waals surface area contributed by atoms with Gasteiger partial charge in [0.2, 0.25) is 5.91 Å². The van der Waals surface area contributed by atoms with E-state index in [1.807, 2.05) is 17.0 Å². The molecule has 1 unspecified atom stereocenters. The first-order chi connectivity index (χ1) is 12.5. The van der Waals surface area contributed by atoms with Crippen molar-refractivity contribution >= 4 is 11.8 Å². The lowest BCUT2D eigenvalue weighted by Gasteiger charge is -2.27. The summed E-state index contributed by atoms with van der Waals surface area (Å²) >= 11 is 0. The second kappa shape index (κ2) is 8.13. The highest BCUT2D eigenvalue weighted by Gasteiger charge is 2.30. The molecular formula is C21H23FN2O2. The monoisotopic (exact) mass is 354 g/mol. The lowest BCUT2D eigenvalue weighted by molar-refractivity contribution is -0.132. The number of likely N-dealkylation sites (tertiary alicyclic amines) is 1. The van der Waals surface area contributed by atoms with E-state index in [0.29, 0.717) is 18.5 Å². The smallest absolute Gasteiger partial charge is 0.254 e. The first-order valence-electron chi connectivity index (χ1n) is 8.89. The number of halogens is 1. The molecule has 3 rings (SSSR count). The van der Waals surface area contributed by atoms with Gasteiger partial charge in [-0.1, -0.05) is 30.3 Å². The van der Waals surface area contributed by atoms with Crippen LogP contribution >= 0.6 is 0 Å². The van der Waals surface area contributed by atoms with E-state index >= 15 is 0 Å². The molecule has 1 heterocycles. The Morgan fingerprint density at radius 2 is 1.92 bits per heavy atom. The van der Waals surface area contributed by atoms with Crippen molar-refractivity contribution in [3.05, 3.63) is 71.5 Å². The fraction of sp³-hybridized carbons (Fsp3) is 0.333. The molecule has 0 radical (unpaired) electrons. The molecule has 2 amide bonds. The summed E-state index contributed by atoms with van der Waals surface area (Å²) < 4.78 is 13.4. The van der Waals surface area contributed by atoms with Gasteiger partial charge in [-0.3, -0.25) is 9.59 Å². The zero-order valence-corrected chi connectivity index (χ0v) is 14.9. The topological polar surface area (TPSA) is 40.6 Å². The summed E-state index contributed by atoms with van der Waals surface area (Å²) in [5.41, 5.74) is 1.46. The molecule has 4 nitrogen and oxygen atoms in total. The summed E-state index contributed by atoms with van der Waals surface area (Å²) in [5, 5.41) is 0. The quantitative estimate of drug-likeness (QED) is 0.828. The second-order valence-corrected chi connectivity index (χ2v) is 6.74. The highest BCUT2D eigenvalue weighted by Crippen LogP contribution is 2.22. The van der Waals surface area contributed by atoms with E-state index in [2.05, 4.69) is 0 Å². The van der Waals surface area contributed by atoms with Crippen LogP contribution in [-0.2, 0) is 11.2 Å². The Kier molecular flexibility index (Phi) is 5.66. The predicted octanol–water partition coefficient (Wildman–Crippen LogP) is 3.13. The molecule has 1 fully saturated rings. The van der Waals surface area contributed by atoms with Crippen molar-refractivity contribution in [2.75, 3.05) is 20.1 Å². The lowest BCUT2D eigenvalue weighted by atomic mass is 10.0. The summed E-state index contributed by atoms with van der Waals surface area (Å²) in [4.78, 5) is 28.4. The molecule has 2 aromatic rings. The Balaban J connectivity index is 1.62. The Bertz CT molecular complexity index is 779. The molecule has 0 N–H and O–H groups in total. The summed E-state index contributed by atoms with van der Waals surface area (Å²) in [6.07, 6.45) is 2.47. The molecule has 0 saturated carbocycles. The third-order valence-electron chi connectivity index (χ3n) is 4.80. The van der Waals surface area contributed by atoms with Crippen LogP contribution in [0.15, 0.2) is 54.6 Å². The average Bonchev–Trinajstić information content (AvgIpc) is 3.10. The van der Waals surface area contributed by atoms with Crippen LogP contribution in [0.25, 0.3) is 0 Å². The molecule has 0 bridgehead atoms. The van der Waals surface area contributed by atoms with Crippen LogP contribution in [0.3, 0.4) is 0 Å². The number of carbonyl (C=O) groups is 2. The van der Waals surface area contributed by atoms with E-state index in [0.717, 1.165) is 18.4 Å². The maximum Gasteiger partial charge on any atom is 0.254 e. The molecule has 0 spiro atoms. The highest BCUT2D eigenvalue weighted by molar-refractivity contribution is 5.96. The zero-order chi connectivity index (χ0) is 18.5. The van der Waals surface area contributed by atoms with Gasteiger partial charge < -0.3 is 9.80 Å². The second-order valence-electron chi connectivity index (χ2n) is 6.74.